The fourth-order valence-electron chi connectivity index (χ4n) is 1.65. The van der Waals surface area contributed by atoms with Crippen LogP contribution in [-0.4, -0.2) is 36.6 Å². The van der Waals surface area contributed by atoms with Gasteiger partial charge >= 0.3 is 5.97 Å². The number of ether oxygens (including phenoxy) is 1. The first-order valence-electron chi connectivity index (χ1n) is 5.79. The molecule has 1 atom stereocenters. The van der Waals surface area contributed by atoms with Gasteiger partial charge in [0.1, 0.15) is 5.36 Å². The molecule has 8 heteroatoms. The maximum absolute atomic E-state index is 12.2. The molecular weight excluding hydrogens is 252 g/mol. The molecule has 3 N–H and O–H groups in total. The van der Waals surface area contributed by atoms with E-state index in [-0.39, 0.29) is 13.2 Å². The van der Waals surface area contributed by atoms with E-state index in [2.05, 4.69) is 4.99 Å². The topological polar surface area (TPSA) is 106 Å². The molecule has 19 heavy (non-hydrogen) atoms. The Kier molecular flexibility index (Phi) is 3.96. The van der Waals surface area contributed by atoms with Crippen molar-refractivity contribution in [2.45, 2.75) is 12.4 Å². The van der Waals surface area contributed by atoms with Crippen molar-refractivity contribution in [1.82, 2.24) is 10.0 Å². The first-order valence-corrected chi connectivity index (χ1v) is 5.79. The van der Waals surface area contributed by atoms with Gasteiger partial charge in [-0.15, -0.1) is 0 Å². The standard InChI is InChI=1S/C11H16N4O4/c1-18-11(12)13-9-5-2-3-6-10(9)14(17)15(11)19-8-4-7-16/h2-3,5-6,16H,4,7-8,12H2,1H3. The third kappa shape index (κ3) is 2.51. The molecule has 0 radical (unpaired) electrons. The molecule has 0 spiro atoms. The number of aliphatic hydroxyl groups excluding tert-OH is 1. The van der Waals surface area contributed by atoms with E-state index in [0.29, 0.717) is 22.0 Å². The molecule has 0 saturated heterocycles. The van der Waals surface area contributed by atoms with Crippen molar-refractivity contribution >= 4 is 0 Å². The number of hydrogen-bond acceptors (Lipinski definition) is 7. The van der Waals surface area contributed by atoms with Gasteiger partial charge in [0.15, 0.2) is 0 Å². The van der Waals surface area contributed by atoms with Crippen molar-refractivity contribution in [2.75, 3.05) is 20.3 Å². The molecule has 0 saturated carbocycles. The molecule has 1 heterocycles. The molecule has 0 aliphatic carbocycles. The van der Waals surface area contributed by atoms with Crippen molar-refractivity contribution in [3.63, 3.8) is 0 Å². The molecule has 0 amide bonds. The Labute approximate surface area is 109 Å². The maximum Gasteiger partial charge on any atom is 0.379 e. The highest BCUT2D eigenvalue weighted by atomic mass is 16.8. The summed E-state index contributed by atoms with van der Waals surface area (Å²) >= 11 is 0. The summed E-state index contributed by atoms with van der Waals surface area (Å²) < 4.78 is 5.06. The Morgan fingerprint density at radius 1 is 1.53 bits per heavy atom. The smallest absolute Gasteiger partial charge is 0.379 e. The van der Waals surface area contributed by atoms with Crippen LogP contribution < -0.4 is 21.3 Å². The number of aliphatic hydroxyl groups is 1. The Morgan fingerprint density at radius 2 is 2.26 bits per heavy atom. The second kappa shape index (κ2) is 5.49. The third-order valence-corrected chi connectivity index (χ3v) is 2.62. The predicted molar refractivity (Wildman–Crippen MR) is 65.2 cm³/mol. The van der Waals surface area contributed by atoms with Crippen LogP contribution in [-0.2, 0) is 9.57 Å². The fourth-order valence-corrected chi connectivity index (χ4v) is 1.65. The number of hydrazine groups is 1. The number of nitrogens with two attached hydrogens (primary N) is 1. The van der Waals surface area contributed by atoms with Crippen molar-refractivity contribution < 1.29 is 14.7 Å². The van der Waals surface area contributed by atoms with E-state index in [9.17, 15) is 5.21 Å². The quantitative estimate of drug-likeness (QED) is 0.278. The van der Waals surface area contributed by atoms with Gasteiger partial charge in [-0.05, 0) is 17.3 Å². The zero-order chi connectivity index (χ0) is 13.9. The minimum Gasteiger partial charge on any atom is -0.594 e. The van der Waals surface area contributed by atoms with Gasteiger partial charge in [-0.3, -0.25) is 5.73 Å². The number of fused-ring (bicyclic) bond motifs is 1. The summed E-state index contributed by atoms with van der Waals surface area (Å²) in [6, 6.07) is 6.71. The lowest BCUT2D eigenvalue weighted by Crippen LogP contribution is -2.67. The van der Waals surface area contributed by atoms with Crippen LogP contribution in [0.4, 0.5) is 0 Å². The highest BCUT2D eigenvalue weighted by molar-refractivity contribution is 5.03. The number of hydroxylamine groups is 1. The molecular formula is C11H16N4O4. The molecule has 0 fully saturated rings. The molecule has 1 aliphatic heterocycles. The number of nitrogens with zero attached hydrogens (tertiary/aromatic N) is 3. The summed E-state index contributed by atoms with van der Waals surface area (Å²) in [5.41, 5.74) is 5.90. The minimum absolute atomic E-state index is 0.0506. The van der Waals surface area contributed by atoms with Gasteiger partial charge in [-0.2, -0.15) is 0 Å². The number of para-hydroxylation sites is 2. The first kappa shape index (κ1) is 13.7. The Bertz CT molecular complexity index is 564. The average Bonchev–Trinajstić information content (AvgIpc) is 2.42. The molecule has 8 nitrogen and oxygen atoms in total. The number of methoxy groups -OCH3 is 1. The second-order valence-electron chi connectivity index (χ2n) is 3.92. The van der Waals surface area contributed by atoms with Gasteiger partial charge in [0.05, 0.1) is 6.61 Å². The first-order chi connectivity index (χ1) is 9.12. The monoisotopic (exact) mass is 268 g/mol. The highest BCUT2D eigenvalue weighted by Gasteiger charge is 2.43. The predicted octanol–water partition coefficient (Wildman–Crippen LogP) is -1.94. The van der Waals surface area contributed by atoms with Crippen LogP contribution in [0.5, 0.6) is 0 Å². The lowest BCUT2D eigenvalue weighted by atomic mass is 10.3. The van der Waals surface area contributed by atoms with Gasteiger partial charge < -0.3 is 15.1 Å². The van der Waals surface area contributed by atoms with Crippen LogP contribution in [0.1, 0.15) is 6.42 Å². The summed E-state index contributed by atoms with van der Waals surface area (Å²) in [5.74, 6) is -1.73. The molecule has 2 rings (SSSR count). The van der Waals surface area contributed by atoms with E-state index in [4.69, 9.17) is 20.4 Å². The van der Waals surface area contributed by atoms with E-state index in [1.165, 1.54) is 7.11 Å². The van der Waals surface area contributed by atoms with Gasteiger partial charge in [-0.1, -0.05) is 12.1 Å². The maximum atomic E-state index is 12.2. The van der Waals surface area contributed by atoms with Crippen LogP contribution in [0.3, 0.4) is 0 Å². The number of hydrogen-bond donors (Lipinski definition) is 2. The molecule has 1 aromatic rings. The van der Waals surface area contributed by atoms with Crippen molar-refractivity contribution in [1.29, 1.82) is 0 Å². The summed E-state index contributed by atoms with van der Waals surface area (Å²) in [4.78, 5) is 9.89. The van der Waals surface area contributed by atoms with Crippen molar-refractivity contribution in [2.24, 2.45) is 10.7 Å². The molecule has 1 unspecified atom stereocenters. The van der Waals surface area contributed by atoms with Crippen LogP contribution in [0.25, 0.3) is 0 Å². The minimum atomic E-state index is -1.73. The zero-order valence-corrected chi connectivity index (χ0v) is 10.5. The summed E-state index contributed by atoms with van der Waals surface area (Å²) in [6.45, 7) is 0.0697. The highest BCUT2D eigenvalue weighted by Crippen LogP contribution is 2.12. The fraction of sp³-hybridized carbons (Fsp3) is 0.455. The number of benzene rings is 1. The Hall–Kier alpha value is -1.74. The molecule has 0 bridgehead atoms. The van der Waals surface area contributed by atoms with Gasteiger partial charge in [0, 0.05) is 25.0 Å². The third-order valence-electron chi connectivity index (χ3n) is 2.62. The Morgan fingerprint density at radius 3 is 2.95 bits per heavy atom. The van der Waals surface area contributed by atoms with Gasteiger partial charge in [-0.25, -0.2) is 9.83 Å². The lowest BCUT2D eigenvalue weighted by molar-refractivity contribution is -0.336. The SMILES string of the molecule is COC1(N)N=c2ccccc2=[N+]([O-])N1OCCCO. The summed E-state index contributed by atoms with van der Waals surface area (Å²) in [5, 5.41) is 22.5. The van der Waals surface area contributed by atoms with Gasteiger partial charge in [0.25, 0.3) is 5.36 Å². The van der Waals surface area contributed by atoms with Crippen molar-refractivity contribution in [3.05, 3.63) is 40.2 Å². The van der Waals surface area contributed by atoms with E-state index in [0.717, 1.165) is 5.17 Å². The molecule has 104 valence electrons. The van der Waals surface area contributed by atoms with Crippen LogP contribution in [0.2, 0.25) is 0 Å². The second-order valence-corrected chi connectivity index (χ2v) is 3.92. The molecule has 1 aromatic carbocycles. The zero-order valence-electron chi connectivity index (χ0n) is 10.5. The van der Waals surface area contributed by atoms with E-state index >= 15 is 0 Å². The van der Waals surface area contributed by atoms with E-state index < -0.39 is 5.97 Å². The van der Waals surface area contributed by atoms with Crippen molar-refractivity contribution in [3.8, 4) is 0 Å². The van der Waals surface area contributed by atoms with Crippen LogP contribution >= 0.6 is 0 Å². The summed E-state index contributed by atoms with van der Waals surface area (Å²) in [6.07, 6.45) is 0.367. The molecule has 0 aromatic heterocycles. The molecule has 1 aliphatic rings. The average molecular weight is 268 g/mol. The summed E-state index contributed by atoms with van der Waals surface area (Å²) in [7, 11) is 1.33. The normalized spacial score (nSPS) is 22.1. The lowest BCUT2D eigenvalue weighted by Gasteiger charge is -2.33. The Balaban J connectivity index is 2.44. The van der Waals surface area contributed by atoms with Gasteiger partial charge in [0.2, 0.25) is 0 Å². The van der Waals surface area contributed by atoms with Crippen LogP contribution in [0.15, 0.2) is 29.3 Å². The van der Waals surface area contributed by atoms with E-state index in [1.54, 1.807) is 24.3 Å². The van der Waals surface area contributed by atoms with E-state index in [1.807, 2.05) is 0 Å². The largest absolute Gasteiger partial charge is 0.594 e. The van der Waals surface area contributed by atoms with Crippen LogP contribution in [0, 0.1) is 5.21 Å². The number of rotatable bonds is 5.